The molecule has 0 radical (unpaired) electrons. The number of aryl methyl sites for hydroxylation is 1. The van der Waals surface area contributed by atoms with Crippen molar-refractivity contribution in [1.29, 1.82) is 5.41 Å². The fourth-order valence-corrected chi connectivity index (χ4v) is 5.00. The van der Waals surface area contributed by atoms with Crippen molar-refractivity contribution in [2.45, 2.75) is 33.6 Å². The number of nitrogens with zero attached hydrogens (tertiary/aromatic N) is 4. The van der Waals surface area contributed by atoms with Crippen LogP contribution in [0.4, 0.5) is 0 Å². The lowest BCUT2D eigenvalue weighted by Crippen LogP contribution is -2.35. The first-order valence-electron chi connectivity index (χ1n) is 9.43. The average molecular weight is 460 g/mol. The Morgan fingerprint density at radius 3 is 2.53 bits per heavy atom. The highest BCUT2D eigenvalue weighted by molar-refractivity contribution is 8.26. The van der Waals surface area contributed by atoms with Crippen molar-refractivity contribution < 1.29 is 4.79 Å². The number of aliphatic imine (C=N–C) groups is 1. The van der Waals surface area contributed by atoms with Crippen LogP contribution in [0.3, 0.4) is 0 Å². The van der Waals surface area contributed by atoms with Gasteiger partial charge in [0.25, 0.3) is 5.91 Å². The van der Waals surface area contributed by atoms with Gasteiger partial charge in [-0.1, -0.05) is 30.1 Å². The summed E-state index contributed by atoms with van der Waals surface area (Å²) in [6.45, 7) is 5.97. The number of hydrazone groups is 1. The first-order valence-corrected chi connectivity index (χ1v) is 11.0. The van der Waals surface area contributed by atoms with Crippen LogP contribution in [-0.2, 0) is 4.79 Å². The number of fused-ring (bicyclic) bond motifs is 1. The monoisotopic (exact) mass is 459 g/mol. The summed E-state index contributed by atoms with van der Waals surface area (Å²) in [5.41, 5.74) is 3.73. The van der Waals surface area contributed by atoms with Crippen LogP contribution < -0.4 is 0 Å². The van der Waals surface area contributed by atoms with E-state index in [1.54, 1.807) is 12.1 Å². The minimum absolute atomic E-state index is 0.0409. The Balaban J connectivity index is 1.74. The Bertz CT molecular complexity index is 1160. The van der Waals surface area contributed by atoms with Gasteiger partial charge in [-0.05, 0) is 74.4 Å². The molecule has 0 saturated heterocycles. The molecular formula is C21H19Cl2N5OS. The third-order valence-corrected chi connectivity index (χ3v) is 6.24. The molecule has 3 heterocycles. The fraction of sp³-hybridized carbons (Fsp3) is 0.238. The van der Waals surface area contributed by atoms with Gasteiger partial charge in [0.05, 0.1) is 5.57 Å². The largest absolute Gasteiger partial charge is 0.318 e. The summed E-state index contributed by atoms with van der Waals surface area (Å²) in [6, 6.07) is 7.31. The Labute approximate surface area is 188 Å². The molecule has 0 fully saturated rings. The molecule has 6 nitrogen and oxygen atoms in total. The molecular weight excluding hydrogens is 441 g/mol. The summed E-state index contributed by atoms with van der Waals surface area (Å²) in [7, 11) is 0. The number of halogens is 2. The Morgan fingerprint density at radius 1 is 1.17 bits per heavy atom. The van der Waals surface area contributed by atoms with Crippen LogP contribution in [0.1, 0.15) is 36.7 Å². The molecule has 0 saturated carbocycles. The lowest BCUT2D eigenvalue weighted by molar-refractivity contribution is -0.114. The second-order valence-corrected chi connectivity index (χ2v) is 8.97. The van der Waals surface area contributed by atoms with E-state index in [4.69, 9.17) is 28.6 Å². The summed E-state index contributed by atoms with van der Waals surface area (Å²) in [4.78, 5) is 16.8. The van der Waals surface area contributed by atoms with E-state index < -0.39 is 5.91 Å². The normalized spacial score (nSPS) is 17.5. The van der Waals surface area contributed by atoms with E-state index in [2.05, 4.69) is 17.0 Å². The van der Waals surface area contributed by atoms with E-state index in [9.17, 15) is 4.79 Å². The molecule has 1 aromatic carbocycles. The van der Waals surface area contributed by atoms with Crippen LogP contribution in [0.5, 0.6) is 0 Å². The molecule has 2 aliphatic rings. The second kappa shape index (κ2) is 8.06. The highest BCUT2D eigenvalue weighted by Crippen LogP contribution is 2.31. The lowest BCUT2D eigenvalue weighted by Gasteiger charge is -2.20. The first kappa shape index (κ1) is 20.9. The van der Waals surface area contributed by atoms with E-state index >= 15 is 0 Å². The summed E-state index contributed by atoms with van der Waals surface area (Å²) in [5.74, 6) is -0.387. The summed E-state index contributed by atoms with van der Waals surface area (Å²) >= 11 is 13.7. The van der Waals surface area contributed by atoms with Gasteiger partial charge in [-0.15, -0.1) is 0 Å². The highest BCUT2D eigenvalue weighted by Gasteiger charge is 2.35. The maximum absolute atomic E-state index is 12.6. The van der Waals surface area contributed by atoms with Crippen molar-refractivity contribution in [3.8, 4) is 5.69 Å². The lowest BCUT2D eigenvalue weighted by atomic mass is 10.1. The molecule has 2 aromatic rings. The number of hydrogen-bond donors (Lipinski definition) is 1. The van der Waals surface area contributed by atoms with Crippen LogP contribution in [0.2, 0.25) is 10.0 Å². The molecule has 2 aliphatic heterocycles. The zero-order chi connectivity index (χ0) is 21.6. The van der Waals surface area contributed by atoms with E-state index in [-0.39, 0.29) is 11.4 Å². The van der Waals surface area contributed by atoms with Gasteiger partial charge in [0.2, 0.25) is 5.17 Å². The Hall–Kier alpha value is -2.35. The molecule has 1 N–H and O–H groups in total. The van der Waals surface area contributed by atoms with E-state index in [0.717, 1.165) is 40.5 Å². The van der Waals surface area contributed by atoms with Gasteiger partial charge in [0, 0.05) is 27.1 Å². The zero-order valence-corrected chi connectivity index (χ0v) is 19.0. The van der Waals surface area contributed by atoms with Crippen molar-refractivity contribution in [3.05, 3.63) is 56.8 Å². The topological polar surface area (TPSA) is 73.8 Å². The molecule has 9 heteroatoms. The van der Waals surface area contributed by atoms with Crippen molar-refractivity contribution in [2.75, 3.05) is 0 Å². The van der Waals surface area contributed by atoms with Gasteiger partial charge in [-0.3, -0.25) is 10.2 Å². The smallest absolute Gasteiger partial charge is 0.283 e. The molecule has 0 bridgehead atoms. The minimum atomic E-state index is -0.428. The van der Waals surface area contributed by atoms with Crippen LogP contribution in [0.15, 0.2) is 39.9 Å². The average Bonchev–Trinajstić information content (AvgIpc) is 3.18. The molecule has 0 aliphatic carbocycles. The van der Waals surface area contributed by atoms with Crippen LogP contribution in [0, 0.1) is 19.3 Å². The number of carbonyl (C=O) groups is 1. The van der Waals surface area contributed by atoms with Crippen LogP contribution in [-0.4, -0.2) is 31.5 Å². The molecule has 30 heavy (non-hydrogen) atoms. The third kappa shape index (κ3) is 3.73. The number of benzene rings is 1. The van der Waals surface area contributed by atoms with E-state index in [1.807, 2.05) is 36.6 Å². The molecule has 154 valence electrons. The van der Waals surface area contributed by atoms with Gasteiger partial charge < -0.3 is 4.57 Å². The number of amidine groups is 2. The highest BCUT2D eigenvalue weighted by atomic mass is 35.5. The van der Waals surface area contributed by atoms with Crippen LogP contribution in [0.25, 0.3) is 11.8 Å². The van der Waals surface area contributed by atoms with E-state index in [1.165, 1.54) is 16.8 Å². The minimum Gasteiger partial charge on any atom is -0.318 e. The Morgan fingerprint density at radius 2 is 1.87 bits per heavy atom. The van der Waals surface area contributed by atoms with Crippen LogP contribution >= 0.6 is 35.0 Å². The van der Waals surface area contributed by atoms with Gasteiger partial charge in [0.1, 0.15) is 5.04 Å². The fourth-order valence-electron chi connectivity index (χ4n) is 3.50. The predicted molar refractivity (Wildman–Crippen MR) is 125 cm³/mol. The Kier molecular flexibility index (Phi) is 5.61. The molecule has 4 rings (SSSR count). The van der Waals surface area contributed by atoms with E-state index in [0.29, 0.717) is 15.2 Å². The number of carbonyl (C=O) groups excluding carboxylic acids is 1. The second-order valence-electron chi connectivity index (χ2n) is 7.05. The van der Waals surface area contributed by atoms with Crippen molar-refractivity contribution in [1.82, 2.24) is 9.58 Å². The third-order valence-electron chi connectivity index (χ3n) is 4.84. The SMILES string of the molecule is CCCC1=NN2C(=N)C(=Cc3cc(C)n(-c4cc(Cl)cc(Cl)c4)c3C)C(=O)N=C2S1. The maximum atomic E-state index is 12.6. The van der Waals surface area contributed by atoms with Gasteiger partial charge in [0.15, 0.2) is 5.84 Å². The van der Waals surface area contributed by atoms with Gasteiger partial charge in [-0.25, -0.2) is 0 Å². The summed E-state index contributed by atoms with van der Waals surface area (Å²) < 4.78 is 2.01. The molecule has 0 atom stereocenters. The number of aromatic nitrogens is 1. The molecule has 0 spiro atoms. The quantitative estimate of drug-likeness (QED) is 0.585. The standard InChI is InChI=1S/C21H19Cl2N5OS/c1-4-5-18-26-28-19(24)17(20(29)25-21(28)30-18)7-13-6-11(2)27(12(13)3)16-9-14(22)8-15(23)10-16/h6-10,24H,4-5H2,1-3H3. The molecule has 0 unspecified atom stereocenters. The van der Waals surface area contributed by atoms with Crippen molar-refractivity contribution in [2.24, 2.45) is 10.1 Å². The first-order chi connectivity index (χ1) is 14.3. The number of rotatable bonds is 4. The molecule has 1 aromatic heterocycles. The van der Waals surface area contributed by atoms with Crippen molar-refractivity contribution in [3.63, 3.8) is 0 Å². The maximum Gasteiger partial charge on any atom is 0.283 e. The predicted octanol–water partition coefficient (Wildman–Crippen LogP) is 5.82. The summed E-state index contributed by atoms with van der Waals surface area (Å²) in [6.07, 6.45) is 3.44. The van der Waals surface area contributed by atoms with Crippen molar-refractivity contribution >= 4 is 63.0 Å². The number of amides is 1. The molecule has 1 amide bonds. The number of thioether (sulfide) groups is 1. The van der Waals surface area contributed by atoms with Gasteiger partial charge >= 0.3 is 0 Å². The number of nitrogens with one attached hydrogen (secondary N) is 1. The van der Waals surface area contributed by atoms with Gasteiger partial charge in [-0.2, -0.15) is 15.1 Å². The zero-order valence-electron chi connectivity index (χ0n) is 16.7. The number of hydrogen-bond acceptors (Lipinski definition) is 4. The summed E-state index contributed by atoms with van der Waals surface area (Å²) in [5, 5.41) is 16.8.